The minimum absolute atomic E-state index is 0.0275. The van der Waals surface area contributed by atoms with E-state index in [4.69, 9.17) is 17.3 Å². The summed E-state index contributed by atoms with van der Waals surface area (Å²) in [5, 5.41) is 13.7. The van der Waals surface area contributed by atoms with E-state index in [2.05, 4.69) is 5.32 Å². The first-order valence-corrected chi connectivity index (χ1v) is 5.86. The van der Waals surface area contributed by atoms with Crippen molar-refractivity contribution in [2.24, 2.45) is 5.73 Å². The van der Waals surface area contributed by atoms with Crippen molar-refractivity contribution in [2.75, 3.05) is 13.1 Å². The highest BCUT2D eigenvalue weighted by atomic mass is 35.5. The second kappa shape index (κ2) is 6.93. The zero-order valence-corrected chi connectivity index (χ0v) is 10.4. The zero-order valence-electron chi connectivity index (χ0n) is 9.69. The maximum Gasteiger partial charge on any atom is 0.282 e. The number of carbonyl (C=O) groups is 1. The summed E-state index contributed by atoms with van der Waals surface area (Å²) in [4.78, 5) is 22.0. The van der Waals surface area contributed by atoms with Crippen molar-refractivity contribution in [1.82, 2.24) is 5.32 Å². The molecule has 3 N–H and O–H groups in total. The van der Waals surface area contributed by atoms with Crippen molar-refractivity contribution in [1.29, 1.82) is 0 Å². The number of hydrogen-bond donors (Lipinski definition) is 2. The summed E-state index contributed by atoms with van der Waals surface area (Å²) >= 11 is 5.73. The Bertz CT molecular complexity index is 451. The van der Waals surface area contributed by atoms with Gasteiger partial charge in [-0.15, -0.1) is 0 Å². The highest BCUT2D eigenvalue weighted by Gasteiger charge is 2.19. The summed E-state index contributed by atoms with van der Waals surface area (Å²) in [6.07, 6.45) is 1.52. The van der Waals surface area contributed by atoms with Gasteiger partial charge in [-0.25, -0.2) is 0 Å². The number of nitrogens with two attached hydrogens (primary N) is 1. The van der Waals surface area contributed by atoms with Gasteiger partial charge in [0, 0.05) is 17.6 Å². The molecule has 0 saturated heterocycles. The van der Waals surface area contributed by atoms with Gasteiger partial charge in [-0.3, -0.25) is 14.9 Å². The molecular formula is C11H14ClN3O3. The zero-order chi connectivity index (χ0) is 13.5. The fourth-order valence-corrected chi connectivity index (χ4v) is 1.59. The van der Waals surface area contributed by atoms with Crippen LogP contribution in [0.4, 0.5) is 5.69 Å². The van der Waals surface area contributed by atoms with Crippen LogP contribution in [0.2, 0.25) is 5.02 Å². The SMILES string of the molecule is NCCCCNC(=O)c1cc(Cl)ccc1[N+](=O)[O-]. The average molecular weight is 272 g/mol. The van der Waals surface area contributed by atoms with Crippen molar-refractivity contribution in [2.45, 2.75) is 12.8 Å². The highest BCUT2D eigenvalue weighted by molar-refractivity contribution is 6.31. The van der Waals surface area contributed by atoms with Crippen molar-refractivity contribution >= 4 is 23.2 Å². The van der Waals surface area contributed by atoms with Gasteiger partial charge in [0.15, 0.2) is 0 Å². The summed E-state index contributed by atoms with van der Waals surface area (Å²) in [5.74, 6) is -0.499. The van der Waals surface area contributed by atoms with Crippen LogP contribution >= 0.6 is 11.6 Å². The fraction of sp³-hybridized carbons (Fsp3) is 0.364. The predicted molar refractivity (Wildman–Crippen MR) is 68.7 cm³/mol. The monoisotopic (exact) mass is 271 g/mol. The molecule has 1 aromatic rings. The van der Waals surface area contributed by atoms with Gasteiger partial charge in [-0.05, 0) is 31.5 Å². The molecule has 1 aromatic carbocycles. The van der Waals surface area contributed by atoms with Crippen LogP contribution in [0.15, 0.2) is 18.2 Å². The number of benzene rings is 1. The average Bonchev–Trinajstić information content (AvgIpc) is 2.34. The minimum Gasteiger partial charge on any atom is -0.352 e. The molecule has 0 radical (unpaired) electrons. The quantitative estimate of drug-likeness (QED) is 0.467. The molecule has 0 bridgehead atoms. The van der Waals surface area contributed by atoms with Gasteiger partial charge in [0.1, 0.15) is 5.56 Å². The van der Waals surface area contributed by atoms with Crippen molar-refractivity contribution in [3.63, 3.8) is 0 Å². The first-order valence-electron chi connectivity index (χ1n) is 5.48. The standard InChI is InChI=1S/C11H14ClN3O3/c12-8-3-4-10(15(17)18)9(7-8)11(16)14-6-2-1-5-13/h3-4,7H,1-2,5-6,13H2,(H,14,16). The third-order valence-corrected chi connectivity index (χ3v) is 2.55. The molecule has 0 heterocycles. The van der Waals surface area contributed by atoms with Crippen LogP contribution in [0.3, 0.4) is 0 Å². The van der Waals surface area contributed by atoms with E-state index in [0.29, 0.717) is 13.1 Å². The summed E-state index contributed by atoms with van der Waals surface area (Å²) in [6.45, 7) is 0.979. The molecule has 1 amide bonds. The highest BCUT2D eigenvalue weighted by Crippen LogP contribution is 2.22. The first-order chi connectivity index (χ1) is 8.56. The van der Waals surface area contributed by atoms with Crippen LogP contribution in [-0.4, -0.2) is 23.9 Å². The van der Waals surface area contributed by atoms with Crippen molar-refractivity contribution < 1.29 is 9.72 Å². The molecule has 0 aliphatic carbocycles. The largest absolute Gasteiger partial charge is 0.352 e. The maximum absolute atomic E-state index is 11.8. The van der Waals surface area contributed by atoms with Crippen LogP contribution in [0.25, 0.3) is 0 Å². The van der Waals surface area contributed by atoms with Gasteiger partial charge >= 0.3 is 0 Å². The number of nitro groups is 1. The number of halogens is 1. The lowest BCUT2D eigenvalue weighted by molar-refractivity contribution is -0.385. The molecular weight excluding hydrogens is 258 g/mol. The summed E-state index contributed by atoms with van der Waals surface area (Å²) < 4.78 is 0. The Morgan fingerprint density at radius 3 is 2.78 bits per heavy atom. The number of nitro benzene ring substituents is 1. The van der Waals surface area contributed by atoms with Crippen LogP contribution in [0.5, 0.6) is 0 Å². The van der Waals surface area contributed by atoms with Gasteiger partial charge < -0.3 is 11.1 Å². The third kappa shape index (κ3) is 3.97. The normalized spacial score (nSPS) is 10.1. The lowest BCUT2D eigenvalue weighted by atomic mass is 10.1. The molecule has 0 aromatic heterocycles. The molecule has 0 aliphatic heterocycles. The molecule has 0 saturated carbocycles. The number of amides is 1. The Balaban J connectivity index is 2.77. The lowest BCUT2D eigenvalue weighted by Crippen LogP contribution is -2.25. The van der Waals surface area contributed by atoms with E-state index in [-0.39, 0.29) is 16.3 Å². The number of carbonyl (C=O) groups excluding carboxylic acids is 1. The second-order valence-electron chi connectivity index (χ2n) is 3.67. The van der Waals surface area contributed by atoms with Gasteiger partial charge in [-0.1, -0.05) is 11.6 Å². The van der Waals surface area contributed by atoms with E-state index in [1.165, 1.54) is 18.2 Å². The number of nitrogens with zero attached hydrogens (tertiary/aromatic N) is 1. The van der Waals surface area contributed by atoms with Crippen molar-refractivity contribution in [3.05, 3.63) is 38.9 Å². The summed E-state index contributed by atoms with van der Waals surface area (Å²) in [6, 6.07) is 3.89. The Hall–Kier alpha value is -1.66. The number of hydrogen-bond acceptors (Lipinski definition) is 4. The van der Waals surface area contributed by atoms with E-state index in [0.717, 1.165) is 12.8 Å². The van der Waals surface area contributed by atoms with Gasteiger partial charge in [0.2, 0.25) is 0 Å². The van der Waals surface area contributed by atoms with E-state index in [9.17, 15) is 14.9 Å². The third-order valence-electron chi connectivity index (χ3n) is 2.32. The molecule has 1 rings (SSSR count). The smallest absolute Gasteiger partial charge is 0.282 e. The summed E-state index contributed by atoms with van der Waals surface area (Å²) in [7, 11) is 0. The second-order valence-corrected chi connectivity index (χ2v) is 4.11. The molecule has 18 heavy (non-hydrogen) atoms. The minimum atomic E-state index is -0.606. The van der Waals surface area contributed by atoms with Gasteiger partial charge in [0.05, 0.1) is 4.92 Å². The molecule has 98 valence electrons. The summed E-state index contributed by atoms with van der Waals surface area (Å²) in [5.41, 5.74) is 5.04. The topological polar surface area (TPSA) is 98.3 Å². The first kappa shape index (κ1) is 14.4. The molecule has 6 nitrogen and oxygen atoms in total. The molecule has 0 fully saturated rings. The maximum atomic E-state index is 11.8. The predicted octanol–water partition coefficient (Wildman–Crippen LogP) is 1.72. The van der Waals surface area contributed by atoms with Gasteiger partial charge in [0.25, 0.3) is 11.6 Å². The van der Waals surface area contributed by atoms with Crippen LogP contribution in [0.1, 0.15) is 23.2 Å². The molecule has 0 spiro atoms. The Labute approximate surface area is 109 Å². The van der Waals surface area contributed by atoms with Crippen LogP contribution in [-0.2, 0) is 0 Å². The van der Waals surface area contributed by atoms with Crippen molar-refractivity contribution in [3.8, 4) is 0 Å². The number of nitrogens with one attached hydrogen (secondary N) is 1. The Morgan fingerprint density at radius 1 is 1.44 bits per heavy atom. The Kier molecular flexibility index (Phi) is 5.54. The number of unbranched alkanes of at least 4 members (excludes halogenated alkanes) is 1. The fourth-order valence-electron chi connectivity index (χ4n) is 1.42. The molecule has 0 unspecified atom stereocenters. The lowest BCUT2D eigenvalue weighted by Gasteiger charge is -2.05. The van der Waals surface area contributed by atoms with Crippen LogP contribution in [0, 0.1) is 10.1 Å². The van der Waals surface area contributed by atoms with E-state index in [1.54, 1.807) is 0 Å². The Morgan fingerprint density at radius 2 is 2.17 bits per heavy atom. The van der Waals surface area contributed by atoms with E-state index < -0.39 is 10.8 Å². The molecule has 0 aliphatic rings. The molecule has 7 heteroatoms. The van der Waals surface area contributed by atoms with Gasteiger partial charge in [-0.2, -0.15) is 0 Å². The van der Waals surface area contributed by atoms with E-state index >= 15 is 0 Å². The molecule has 0 atom stereocenters. The van der Waals surface area contributed by atoms with E-state index in [1.807, 2.05) is 0 Å². The van der Waals surface area contributed by atoms with Crippen LogP contribution < -0.4 is 11.1 Å². The number of rotatable bonds is 6.